The highest BCUT2D eigenvalue weighted by atomic mass is 32.2. The average Bonchev–Trinajstić information content (AvgIpc) is 3.03. The summed E-state index contributed by atoms with van der Waals surface area (Å²) in [5.41, 5.74) is 6.57. The molecule has 0 saturated heterocycles. The number of fused-ring (bicyclic) bond motifs is 1. The second-order valence-corrected chi connectivity index (χ2v) is 7.80. The summed E-state index contributed by atoms with van der Waals surface area (Å²) in [6, 6.07) is 18.3. The van der Waals surface area contributed by atoms with E-state index in [1.165, 1.54) is 11.1 Å². The van der Waals surface area contributed by atoms with E-state index in [0.717, 1.165) is 22.7 Å². The van der Waals surface area contributed by atoms with Gasteiger partial charge in [0.15, 0.2) is 5.16 Å². The van der Waals surface area contributed by atoms with E-state index in [1.54, 1.807) is 16.3 Å². The normalized spacial score (nSPS) is 11.2. The van der Waals surface area contributed by atoms with E-state index in [9.17, 15) is 4.79 Å². The third-order valence-electron chi connectivity index (χ3n) is 4.54. The molecule has 2 aromatic carbocycles. The van der Waals surface area contributed by atoms with E-state index in [-0.39, 0.29) is 5.56 Å². The molecule has 136 valence electrons. The van der Waals surface area contributed by atoms with Gasteiger partial charge in [-0.3, -0.25) is 9.36 Å². The van der Waals surface area contributed by atoms with E-state index in [2.05, 4.69) is 36.2 Å². The zero-order chi connectivity index (χ0) is 19.0. The van der Waals surface area contributed by atoms with Gasteiger partial charge in [-0.2, -0.15) is 0 Å². The Morgan fingerprint density at radius 3 is 2.26 bits per heavy atom. The van der Waals surface area contributed by atoms with Crippen molar-refractivity contribution in [1.29, 1.82) is 0 Å². The molecule has 4 nitrogen and oxygen atoms in total. The van der Waals surface area contributed by atoms with E-state index < -0.39 is 0 Å². The minimum absolute atomic E-state index is 0.0663. The van der Waals surface area contributed by atoms with Crippen molar-refractivity contribution in [1.82, 2.24) is 14.5 Å². The lowest BCUT2D eigenvalue weighted by Gasteiger charge is -2.12. The van der Waals surface area contributed by atoms with Crippen LogP contribution in [-0.2, 0) is 5.75 Å². The van der Waals surface area contributed by atoms with Gasteiger partial charge in [-0.25, -0.2) is 4.98 Å². The fourth-order valence-corrected chi connectivity index (χ4v) is 4.00. The molecule has 0 aliphatic carbocycles. The minimum Gasteiger partial charge on any atom is -0.353 e. The van der Waals surface area contributed by atoms with E-state index >= 15 is 0 Å². The van der Waals surface area contributed by atoms with Crippen molar-refractivity contribution < 1.29 is 0 Å². The zero-order valence-electron chi connectivity index (χ0n) is 15.6. The third kappa shape index (κ3) is 3.55. The molecule has 27 heavy (non-hydrogen) atoms. The maximum Gasteiger partial charge on any atom is 0.283 e. The first kappa shape index (κ1) is 17.6. The fourth-order valence-electron chi connectivity index (χ4n) is 3.03. The second kappa shape index (κ2) is 7.08. The quantitative estimate of drug-likeness (QED) is 0.406. The fraction of sp³-hybridized carbons (Fsp3) is 0.182. The number of thioether (sulfide) groups is 1. The van der Waals surface area contributed by atoms with Gasteiger partial charge in [-0.1, -0.05) is 59.3 Å². The van der Waals surface area contributed by atoms with Crippen LogP contribution in [0.15, 0.2) is 64.5 Å². The lowest BCUT2D eigenvalue weighted by Crippen LogP contribution is -2.21. The van der Waals surface area contributed by atoms with Crippen molar-refractivity contribution in [2.24, 2.45) is 0 Å². The second-order valence-electron chi connectivity index (χ2n) is 6.86. The third-order valence-corrected chi connectivity index (χ3v) is 5.55. The van der Waals surface area contributed by atoms with Crippen molar-refractivity contribution in [3.05, 3.63) is 87.3 Å². The van der Waals surface area contributed by atoms with Gasteiger partial charge in [0.25, 0.3) is 5.56 Å². The SMILES string of the molecule is Cc1ccc(CSc2nc3cc(C)[nH]c3c(=O)n2-c2ccc(C)cc2)cc1. The Morgan fingerprint density at radius 2 is 1.59 bits per heavy atom. The van der Waals surface area contributed by atoms with Crippen molar-refractivity contribution in [2.45, 2.75) is 31.7 Å². The van der Waals surface area contributed by atoms with Crippen LogP contribution >= 0.6 is 11.8 Å². The van der Waals surface area contributed by atoms with Gasteiger partial charge in [0.05, 0.1) is 11.2 Å². The molecule has 0 radical (unpaired) electrons. The Bertz CT molecular complexity index is 1160. The Hall–Kier alpha value is -2.79. The number of hydrogen-bond acceptors (Lipinski definition) is 3. The summed E-state index contributed by atoms with van der Waals surface area (Å²) >= 11 is 1.58. The van der Waals surface area contributed by atoms with Crippen molar-refractivity contribution in [2.75, 3.05) is 0 Å². The van der Waals surface area contributed by atoms with Crippen molar-refractivity contribution >= 4 is 22.8 Å². The first-order valence-electron chi connectivity index (χ1n) is 8.89. The lowest BCUT2D eigenvalue weighted by atomic mass is 10.2. The van der Waals surface area contributed by atoms with Crippen LogP contribution in [0.2, 0.25) is 0 Å². The number of hydrogen-bond donors (Lipinski definition) is 1. The van der Waals surface area contributed by atoms with Crippen LogP contribution in [0.5, 0.6) is 0 Å². The summed E-state index contributed by atoms with van der Waals surface area (Å²) in [5, 5.41) is 0.705. The summed E-state index contributed by atoms with van der Waals surface area (Å²) in [6.07, 6.45) is 0. The summed E-state index contributed by atoms with van der Waals surface area (Å²) in [7, 11) is 0. The van der Waals surface area contributed by atoms with E-state index in [4.69, 9.17) is 4.98 Å². The number of nitrogens with one attached hydrogen (secondary N) is 1. The van der Waals surface area contributed by atoms with Crippen LogP contribution < -0.4 is 5.56 Å². The summed E-state index contributed by atoms with van der Waals surface area (Å²) in [6.45, 7) is 6.06. The molecular formula is C22H21N3OS. The highest BCUT2D eigenvalue weighted by molar-refractivity contribution is 7.98. The van der Waals surface area contributed by atoms with Crippen molar-refractivity contribution in [3.8, 4) is 5.69 Å². The highest BCUT2D eigenvalue weighted by Crippen LogP contribution is 2.25. The summed E-state index contributed by atoms with van der Waals surface area (Å²) in [4.78, 5) is 21.1. The van der Waals surface area contributed by atoms with Gasteiger partial charge in [0.1, 0.15) is 5.52 Å². The van der Waals surface area contributed by atoms with Crippen LogP contribution in [0.25, 0.3) is 16.7 Å². The molecule has 0 saturated carbocycles. The Kier molecular flexibility index (Phi) is 4.62. The van der Waals surface area contributed by atoms with E-state index in [0.29, 0.717) is 16.2 Å². The number of rotatable bonds is 4. The molecule has 0 aliphatic rings. The summed E-state index contributed by atoms with van der Waals surface area (Å²) in [5.74, 6) is 0.757. The Labute approximate surface area is 162 Å². The molecule has 0 fully saturated rings. The molecule has 0 atom stereocenters. The number of H-pyrrole nitrogens is 1. The van der Waals surface area contributed by atoms with Crippen LogP contribution in [0.4, 0.5) is 0 Å². The zero-order valence-corrected chi connectivity index (χ0v) is 16.4. The number of aromatic amines is 1. The van der Waals surface area contributed by atoms with Gasteiger partial charge >= 0.3 is 0 Å². The topological polar surface area (TPSA) is 50.7 Å². The molecular weight excluding hydrogens is 354 g/mol. The van der Waals surface area contributed by atoms with Crippen LogP contribution in [0.3, 0.4) is 0 Å². The standard InChI is InChI=1S/C22H21N3OS/c1-14-4-8-17(9-5-14)13-27-22-24-19-12-16(3)23-20(19)21(26)25(22)18-10-6-15(2)7-11-18/h4-12,23H,13H2,1-3H3. The van der Waals surface area contributed by atoms with Gasteiger partial charge in [0.2, 0.25) is 0 Å². The van der Waals surface area contributed by atoms with E-state index in [1.807, 2.05) is 44.2 Å². The van der Waals surface area contributed by atoms with Crippen LogP contribution in [-0.4, -0.2) is 14.5 Å². The highest BCUT2D eigenvalue weighted by Gasteiger charge is 2.15. The molecule has 2 heterocycles. The van der Waals surface area contributed by atoms with Crippen LogP contribution in [0.1, 0.15) is 22.4 Å². The molecule has 4 aromatic rings. The first-order valence-corrected chi connectivity index (χ1v) is 9.87. The molecule has 0 unspecified atom stereocenters. The van der Waals surface area contributed by atoms with Gasteiger partial charge in [0, 0.05) is 11.4 Å². The number of benzene rings is 2. The van der Waals surface area contributed by atoms with Gasteiger partial charge in [-0.05, 0) is 44.5 Å². The smallest absolute Gasteiger partial charge is 0.283 e. The monoisotopic (exact) mass is 375 g/mol. The minimum atomic E-state index is -0.0663. The average molecular weight is 375 g/mol. The molecule has 2 aromatic heterocycles. The summed E-state index contributed by atoms with van der Waals surface area (Å²) < 4.78 is 1.70. The molecule has 5 heteroatoms. The lowest BCUT2D eigenvalue weighted by molar-refractivity contribution is 0.817. The molecule has 0 bridgehead atoms. The first-order chi connectivity index (χ1) is 13.0. The molecule has 1 N–H and O–H groups in total. The largest absolute Gasteiger partial charge is 0.353 e. The predicted octanol–water partition coefficient (Wildman–Crippen LogP) is 4.93. The maximum absolute atomic E-state index is 13.2. The number of aromatic nitrogens is 3. The molecule has 0 spiro atoms. The molecule has 4 rings (SSSR count). The number of nitrogens with zero attached hydrogens (tertiary/aromatic N) is 2. The Morgan fingerprint density at radius 1 is 0.963 bits per heavy atom. The predicted molar refractivity (Wildman–Crippen MR) is 112 cm³/mol. The number of aryl methyl sites for hydroxylation is 3. The molecule has 0 amide bonds. The van der Waals surface area contributed by atoms with Crippen molar-refractivity contribution in [3.63, 3.8) is 0 Å². The molecule has 0 aliphatic heterocycles. The van der Waals surface area contributed by atoms with Gasteiger partial charge in [-0.15, -0.1) is 0 Å². The van der Waals surface area contributed by atoms with Crippen LogP contribution in [0, 0.1) is 20.8 Å². The van der Waals surface area contributed by atoms with Gasteiger partial charge < -0.3 is 4.98 Å². The maximum atomic E-state index is 13.2. The Balaban J connectivity index is 1.81.